The number of methoxy groups -OCH3 is 1. The highest BCUT2D eigenvalue weighted by Crippen LogP contribution is 2.32. The molecule has 0 aromatic heterocycles. The minimum atomic E-state index is -0.537. The molecule has 18 heavy (non-hydrogen) atoms. The highest BCUT2D eigenvalue weighted by molar-refractivity contribution is 5.80. The molecule has 0 aliphatic rings. The summed E-state index contributed by atoms with van der Waals surface area (Å²) in [5.74, 6) is -0.690. The number of aldehydes is 1. The van der Waals surface area contributed by atoms with Crippen LogP contribution in [0.2, 0.25) is 0 Å². The van der Waals surface area contributed by atoms with Crippen LogP contribution in [0.15, 0.2) is 36.4 Å². The number of halogens is 2. The van der Waals surface area contributed by atoms with E-state index in [1.54, 1.807) is 0 Å². The monoisotopic (exact) mass is 248 g/mol. The summed E-state index contributed by atoms with van der Waals surface area (Å²) in [5.41, 5.74) is 0.729. The largest absolute Gasteiger partial charge is 0.496 e. The molecule has 2 aromatic rings. The van der Waals surface area contributed by atoms with E-state index in [1.165, 1.54) is 43.5 Å². The topological polar surface area (TPSA) is 26.3 Å². The van der Waals surface area contributed by atoms with E-state index in [2.05, 4.69) is 0 Å². The molecule has 0 N–H and O–H groups in total. The van der Waals surface area contributed by atoms with E-state index >= 15 is 0 Å². The van der Waals surface area contributed by atoms with E-state index in [1.807, 2.05) is 0 Å². The number of carbonyl (C=O) groups excluding carboxylic acids is 1. The summed E-state index contributed by atoms with van der Waals surface area (Å²) >= 11 is 0. The molecule has 0 saturated heterocycles. The van der Waals surface area contributed by atoms with Crippen molar-refractivity contribution in [1.82, 2.24) is 0 Å². The number of hydrogen-bond donors (Lipinski definition) is 0. The second-order valence-corrected chi connectivity index (χ2v) is 3.70. The third-order valence-corrected chi connectivity index (χ3v) is 2.58. The summed E-state index contributed by atoms with van der Waals surface area (Å²) in [6, 6.07) is 7.70. The Hall–Kier alpha value is -2.23. The summed E-state index contributed by atoms with van der Waals surface area (Å²) in [6.45, 7) is 0. The Labute approximate surface area is 103 Å². The predicted molar refractivity (Wildman–Crippen MR) is 63.7 cm³/mol. The predicted octanol–water partition coefficient (Wildman–Crippen LogP) is 3.45. The number of hydrogen-bond acceptors (Lipinski definition) is 2. The Morgan fingerprint density at radius 2 is 1.83 bits per heavy atom. The van der Waals surface area contributed by atoms with Gasteiger partial charge in [0, 0.05) is 16.7 Å². The standard InChI is InChI=1S/C14H10F2O2/c1-18-14-5-3-10(15)7-12(14)11-6-9(8-17)2-4-13(11)16/h2-8H,1H3. The van der Waals surface area contributed by atoms with Gasteiger partial charge in [-0.15, -0.1) is 0 Å². The van der Waals surface area contributed by atoms with Crippen molar-refractivity contribution >= 4 is 6.29 Å². The fourth-order valence-electron chi connectivity index (χ4n) is 1.71. The molecule has 0 atom stereocenters. The molecular weight excluding hydrogens is 238 g/mol. The van der Waals surface area contributed by atoms with E-state index in [4.69, 9.17) is 4.74 Å². The van der Waals surface area contributed by atoms with Gasteiger partial charge in [0.1, 0.15) is 23.7 Å². The third-order valence-electron chi connectivity index (χ3n) is 2.58. The summed E-state index contributed by atoms with van der Waals surface area (Å²) < 4.78 is 32.0. The van der Waals surface area contributed by atoms with Gasteiger partial charge < -0.3 is 4.74 Å². The van der Waals surface area contributed by atoms with Crippen molar-refractivity contribution in [2.75, 3.05) is 7.11 Å². The van der Waals surface area contributed by atoms with Crippen LogP contribution in [-0.4, -0.2) is 13.4 Å². The fraction of sp³-hybridized carbons (Fsp3) is 0.0714. The Kier molecular flexibility index (Phi) is 3.37. The van der Waals surface area contributed by atoms with Crippen molar-refractivity contribution in [3.05, 3.63) is 53.6 Å². The first-order valence-corrected chi connectivity index (χ1v) is 5.24. The average Bonchev–Trinajstić information content (AvgIpc) is 2.39. The first-order chi connectivity index (χ1) is 8.65. The number of ether oxygens (including phenoxy) is 1. The van der Waals surface area contributed by atoms with Crippen LogP contribution in [0, 0.1) is 11.6 Å². The quantitative estimate of drug-likeness (QED) is 0.777. The molecule has 4 heteroatoms. The number of benzene rings is 2. The molecule has 0 aliphatic carbocycles. The second kappa shape index (κ2) is 4.96. The van der Waals surface area contributed by atoms with Gasteiger partial charge in [-0.2, -0.15) is 0 Å². The molecule has 0 radical (unpaired) electrons. The lowest BCUT2D eigenvalue weighted by molar-refractivity contribution is 0.112. The smallest absolute Gasteiger partial charge is 0.150 e. The molecule has 92 valence electrons. The molecule has 0 heterocycles. The maximum Gasteiger partial charge on any atom is 0.150 e. The van der Waals surface area contributed by atoms with E-state index in [9.17, 15) is 13.6 Å². The van der Waals surface area contributed by atoms with Gasteiger partial charge in [-0.05, 0) is 36.4 Å². The zero-order valence-electron chi connectivity index (χ0n) is 9.61. The SMILES string of the molecule is COc1ccc(F)cc1-c1cc(C=O)ccc1F. The van der Waals surface area contributed by atoms with Crippen LogP contribution in [0.5, 0.6) is 5.75 Å². The van der Waals surface area contributed by atoms with Crippen LogP contribution in [0.1, 0.15) is 10.4 Å². The van der Waals surface area contributed by atoms with Gasteiger partial charge in [0.15, 0.2) is 0 Å². The maximum absolute atomic E-state index is 13.7. The molecule has 0 fully saturated rings. The van der Waals surface area contributed by atoms with Crippen molar-refractivity contribution in [3.63, 3.8) is 0 Å². The molecule has 0 amide bonds. The zero-order valence-corrected chi connectivity index (χ0v) is 9.61. The van der Waals surface area contributed by atoms with Gasteiger partial charge in [-0.25, -0.2) is 8.78 Å². The van der Waals surface area contributed by atoms with E-state index in [0.717, 1.165) is 0 Å². The third kappa shape index (κ3) is 2.22. The van der Waals surface area contributed by atoms with E-state index in [0.29, 0.717) is 17.6 Å². The van der Waals surface area contributed by atoms with Crippen LogP contribution in [0.3, 0.4) is 0 Å². The highest BCUT2D eigenvalue weighted by Gasteiger charge is 2.12. The van der Waals surface area contributed by atoms with Gasteiger partial charge >= 0.3 is 0 Å². The molecule has 2 nitrogen and oxygen atoms in total. The van der Waals surface area contributed by atoms with Gasteiger partial charge in [-0.3, -0.25) is 4.79 Å². The molecule has 0 saturated carbocycles. The maximum atomic E-state index is 13.7. The zero-order chi connectivity index (χ0) is 13.1. The van der Waals surface area contributed by atoms with Gasteiger partial charge in [-0.1, -0.05) is 0 Å². The van der Waals surface area contributed by atoms with Crippen molar-refractivity contribution in [3.8, 4) is 16.9 Å². The lowest BCUT2D eigenvalue weighted by Gasteiger charge is -2.10. The first-order valence-electron chi connectivity index (χ1n) is 5.24. The minimum Gasteiger partial charge on any atom is -0.496 e. The Balaban J connectivity index is 2.67. The number of rotatable bonds is 3. The summed E-state index contributed by atoms with van der Waals surface area (Å²) in [4.78, 5) is 10.7. The van der Waals surface area contributed by atoms with Crippen LogP contribution < -0.4 is 4.74 Å². The molecule has 0 bridgehead atoms. The van der Waals surface area contributed by atoms with Crippen LogP contribution in [0.4, 0.5) is 8.78 Å². The Bertz CT molecular complexity index is 594. The molecule has 0 spiro atoms. The second-order valence-electron chi connectivity index (χ2n) is 3.70. The Morgan fingerprint density at radius 3 is 2.50 bits per heavy atom. The fourth-order valence-corrected chi connectivity index (χ4v) is 1.71. The minimum absolute atomic E-state index is 0.135. The molecule has 2 rings (SSSR count). The van der Waals surface area contributed by atoms with Crippen LogP contribution in [-0.2, 0) is 0 Å². The molecule has 0 unspecified atom stereocenters. The summed E-state index contributed by atoms with van der Waals surface area (Å²) in [7, 11) is 1.41. The lowest BCUT2D eigenvalue weighted by Crippen LogP contribution is -1.93. The molecule has 0 aliphatic heterocycles. The van der Waals surface area contributed by atoms with Crippen molar-refractivity contribution in [2.24, 2.45) is 0 Å². The van der Waals surface area contributed by atoms with Crippen LogP contribution >= 0.6 is 0 Å². The van der Waals surface area contributed by atoms with Gasteiger partial charge in [0.05, 0.1) is 7.11 Å². The van der Waals surface area contributed by atoms with Crippen LogP contribution in [0.25, 0.3) is 11.1 Å². The molecule has 2 aromatic carbocycles. The highest BCUT2D eigenvalue weighted by atomic mass is 19.1. The summed E-state index contributed by atoms with van der Waals surface area (Å²) in [6.07, 6.45) is 0.606. The average molecular weight is 248 g/mol. The van der Waals surface area contributed by atoms with Gasteiger partial charge in [0.2, 0.25) is 0 Å². The van der Waals surface area contributed by atoms with Crippen molar-refractivity contribution in [1.29, 1.82) is 0 Å². The van der Waals surface area contributed by atoms with Crippen molar-refractivity contribution in [2.45, 2.75) is 0 Å². The van der Waals surface area contributed by atoms with E-state index < -0.39 is 11.6 Å². The molecular formula is C14H10F2O2. The van der Waals surface area contributed by atoms with E-state index in [-0.39, 0.29) is 11.1 Å². The normalized spacial score (nSPS) is 10.2. The van der Waals surface area contributed by atoms with Gasteiger partial charge in [0.25, 0.3) is 0 Å². The lowest BCUT2D eigenvalue weighted by atomic mass is 10.0. The first kappa shape index (κ1) is 12.2. The summed E-state index contributed by atoms with van der Waals surface area (Å²) in [5, 5.41) is 0. The Morgan fingerprint density at radius 1 is 1.06 bits per heavy atom. The van der Waals surface area contributed by atoms with Crippen molar-refractivity contribution < 1.29 is 18.3 Å². The number of carbonyl (C=O) groups is 1.